The van der Waals surface area contributed by atoms with Crippen molar-refractivity contribution in [1.29, 1.82) is 0 Å². The molecule has 0 saturated carbocycles. The second-order valence-electron chi connectivity index (χ2n) is 3.12. The summed E-state index contributed by atoms with van der Waals surface area (Å²) in [7, 11) is 0. The lowest BCUT2D eigenvalue weighted by Gasteiger charge is -2.10. The average molecular weight is 280 g/mol. The number of fused-ring (bicyclic) bond motifs is 1. The molecular formula is C11H6Cl4. The lowest BCUT2D eigenvalue weighted by molar-refractivity contribution is 1.44. The van der Waals surface area contributed by atoms with Crippen LogP contribution in [-0.2, 0) is 0 Å². The molecule has 0 heterocycles. The summed E-state index contributed by atoms with van der Waals surface area (Å²) in [6.07, 6.45) is 8.65. The van der Waals surface area contributed by atoms with E-state index in [1.807, 2.05) is 24.3 Å². The lowest BCUT2D eigenvalue weighted by Crippen LogP contribution is -1.87. The Morgan fingerprint density at radius 1 is 0.667 bits per heavy atom. The molecule has 0 nitrogen and oxygen atoms in total. The first-order valence-electron chi connectivity index (χ1n) is 4.32. The Balaban J connectivity index is 2.84. The number of hydrogen-bond donors (Lipinski definition) is 0. The summed E-state index contributed by atoms with van der Waals surface area (Å²) in [4.78, 5) is 0. The van der Waals surface area contributed by atoms with Gasteiger partial charge in [0, 0.05) is 11.1 Å². The number of allylic oxidation sites excluding steroid dienone is 2. The topological polar surface area (TPSA) is 0 Å². The third-order valence-corrected chi connectivity index (χ3v) is 4.01. The first-order chi connectivity index (χ1) is 7.13. The molecule has 0 aliphatic heterocycles. The Bertz CT molecular complexity index is 429. The zero-order chi connectivity index (χ0) is 11.0. The molecule has 0 aromatic heterocycles. The van der Waals surface area contributed by atoms with Crippen molar-refractivity contribution >= 4 is 58.6 Å². The van der Waals surface area contributed by atoms with Crippen molar-refractivity contribution in [3.05, 3.63) is 43.4 Å². The predicted molar refractivity (Wildman–Crippen MR) is 69.2 cm³/mol. The molecule has 1 aromatic carbocycles. The van der Waals surface area contributed by atoms with Crippen LogP contribution in [0.15, 0.2) is 12.2 Å². The van der Waals surface area contributed by atoms with E-state index in [0.717, 1.165) is 17.5 Å². The number of rotatable bonds is 0. The van der Waals surface area contributed by atoms with Gasteiger partial charge in [-0.2, -0.15) is 0 Å². The fourth-order valence-corrected chi connectivity index (χ4v) is 2.45. The number of benzene rings is 1. The van der Waals surface area contributed by atoms with Crippen molar-refractivity contribution in [3.63, 3.8) is 0 Å². The van der Waals surface area contributed by atoms with Crippen LogP contribution in [0.1, 0.15) is 17.5 Å². The van der Waals surface area contributed by atoms with E-state index >= 15 is 0 Å². The number of halogens is 4. The summed E-state index contributed by atoms with van der Waals surface area (Å²) in [5.41, 5.74) is 1.65. The largest absolute Gasteiger partial charge is 0.0820 e. The van der Waals surface area contributed by atoms with Crippen LogP contribution in [0, 0.1) is 0 Å². The van der Waals surface area contributed by atoms with Crippen LogP contribution >= 0.6 is 46.4 Å². The molecule has 2 rings (SSSR count). The van der Waals surface area contributed by atoms with Gasteiger partial charge >= 0.3 is 0 Å². The first kappa shape index (κ1) is 11.3. The van der Waals surface area contributed by atoms with E-state index in [1.54, 1.807) is 0 Å². The van der Waals surface area contributed by atoms with Crippen molar-refractivity contribution in [2.45, 2.75) is 6.42 Å². The molecule has 0 unspecified atom stereocenters. The van der Waals surface area contributed by atoms with Gasteiger partial charge in [-0.1, -0.05) is 70.7 Å². The van der Waals surface area contributed by atoms with Gasteiger partial charge in [-0.25, -0.2) is 0 Å². The Morgan fingerprint density at radius 2 is 1.07 bits per heavy atom. The van der Waals surface area contributed by atoms with Crippen molar-refractivity contribution in [2.24, 2.45) is 0 Å². The standard InChI is InChI=1S/C11H6Cl4/c12-8-6-4-2-1-3-5-7(6)9(13)11(15)10(8)14/h2-5H,1H2. The minimum absolute atomic E-state index is 0.307. The molecular weight excluding hydrogens is 274 g/mol. The molecule has 15 heavy (non-hydrogen) atoms. The molecule has 78 valence electrons. The van der Waals surface area contributed by atoms with Crippen LogP contribution in [-0.4, -0.2) is 0 Å². The summed E-state index contributed by atoms with van der Waals surface area (Å²) in [5.74, 6) is 0. The van der Waals surface area contributed by atoms with Crippen molar-refractivity contribution < 1.29 is 0 Å². The molecule has 0 amide bonds. The fraction of sp³-hybridized carbons (Fsp3) is 0.0909. The van der Waals surface area contributed by atoms with Gasteiger partial charge in [-0.15, -0.1) is 0 Å². The van der Waals surface area contributed by atoms with Gasteiger partial charge in [0.25, 0.3) is 0 Å². The highest BCUT2D eigenvalue weighted by Crippen LogP contribution is 2.43. The van der Waals surface area contributed by atoms with Crippen molar-refractivity contribution in [1.82, 2.24) is 0 Å². The van der Waals surface area contributed by atoms with Gasteiger partial charge in [-0.3, -0.25) is 0 Å². The van der Waals surface area contributed by atoms with E-state index < -0.39 is 0 Å². The van der Waals surface area contributed by atoms with Gasteiger partial charge in [0.2, 0.25) is 0 Å². The zero-order valence-corrected chi connectivity index (χ0v) is 10.6. The molecule has 1 aliphatic carbocycles. The maximum atomic E-state index is 6.10. The molecule has 0 saturated heterocycles. The van der Waals surface area contributed by atoms with Crippen LogP contribution in [0.3, 0.4) is 0 Å². The molecule has 1 aliphatic rings. The minimum atomic E-state index is 0.307. The third kappa shape index (κ3) is 1.92. The smallest absolute Gasteiger partial charge is 0.0800 e. The van der Waals surface area contributed by atoms with E-state index in [-0.39, 0.29) is 0 Å². The highest BCUT2D eigenvalue weighted by Gasteiger charge is 2.17. The molecule has 0 bridgehead atoms. The minimum Gasteiger partial charge on any atom is -0.0820 e. The third-order valence-electron chi connectivity index (χ3n) is 2.18. The fourth-order valence-electron chi connectivity index (χ4n) is 1.44. The quantitative estimate of drug-likeness (QED) is 0.420. The summed E-state index contributed by atoms with van der Waals surface area (Å²) >= 11 is 24.1. The Kier molecular flexibility index (Phi) is 3.32. The summed E-state index contributed by atoms with van der Waals surface area (Å²) in [6, 6.07) is 0. The SMILES string of the molecule is Clc1c(Cl)c(Cl)c2c(c1Cl)C=CCC=C2. The van der Waals surface area contributed by atoms with E-state index in [4.69, 9.17) is 46.4 Å². The monoisotopic (exact) mass is 278 g/mol. The molecule has 0 atom stereocenters. The van der Waals surface area contributed by atoms with Gasteiger partial charge < -0.3 is 0 Å². The van der Waals surface area contributed by atoms with Crippen LogP contribution in [0.4, 0.5) is 0 Å². The van der Waals surface area contributed by atoms with Crippen LogP contribution in [0.25, 0.3) is 12.2 Å². The van der Waals surface area contributed by atoms with Crippen molar-refractivity contribution in [3.8, 4) is 0 Å². The molecule has 0 radical (unpaired) electrons. The molecule has 1 aromatic rings. The highest BCUT2D eigenvalue weighted by molar-refractivity contribution is 6.52. The van der Waals surface area contributed by atoms with Crippen LogP contribution in [0.2, 0.25) is 20.1 Å². The predicted octanol–water partition coefficient (Wildman–Crippen LogP) is 5.73. The summed E-state index contributed by atoms with van der Waals surface area (Å²) in [5, 5.41) is 1.51. The highest BCUT2D eigenvalue weighted by atomic mass is 35.5. The average Bonchev–Trinajstić information content (AvgIpc) is 2.48. The molecule has 0 fully saturated rings. The first-order valence-corrected chi connectivity index (χ1v) is 5.83. The van der Waals surface area contributed by atoms with Gasteiger partial charge in [0.15, 0.2) is 0 Å². The zero-order valence-electron chi connectivity index (χ0n) is 7.53. The van der Waals surface area contributed by atoms with Gasteiger partial charge in [0.1, 0.15) is 0 Å². The lowest BCUT2D eigenvalue weighted by atomic mass is 10.1. The van der Waals surface area contributed by atoms with E-state index in [9.17, 15) is 0 Å². The second kappa shape index (κ2) is 4.39. The van der Waals surface area contributed by atoms with E-state index in [0.29, 0.717) is 20.1 Å². The summed E-state index contributed by atoms with van der Waals surface area (Å²) < 4.78 is 0. The molecule has 0 N–H and O–H groups in total. The second-order valence-corrected chi connectivity index (χ2v) is 4.64. The number of hydrogen-bond acceptors (Lipinski definition) is 0. The normalized spacial score (nSPS) is 13.9. The maximum Gasteiger partial charge on any atom is 0.0800 e. The van der Waals surface area contributed by atoms with E-state index in [2.05, 4.69) is 0 Å². The van der Waals surface area contributed by atoms with E-state index in [1.165, 1.54) is 0 Å². The van der Waals surface area contributed by atoms with Crippen LogP contribution < -0.4 is 0 Å². The molecule has 0 spiro atoms. The van der Waals surface area contributed by atoms with Gasteiger partial charge in [-0.05, 0) is 6.42 Å². The maximum absolute atomic E-state index is 6.10. The summed E-state index contributed by atoms with van der Waals surface area (Å²) in [6.45, 7) is 0. The Morgan fingerprint density at radius 3 is 1.47 bits per heavy atom. The van der Waals surface area contributed by atoms with Crippen molar-refractivity contribution in [2.75, 3.05) is 0 Å². The Labute approximate surface area is 108 Å². The molecule has 4 heteroatoms. The van der Waals surface area contributed by atoms with Gasteiger partial charge in [0.05, 0.1) is 20.1 Å². The van der Waals surface area contributed by atoms with Crippen LogP contribution in [0.5, 0.6) is 0 Å². The Hall–Kier alpha value is -0.140.